The fourth-order valence-corrected chi connectivity index (χ4v) is 3.40. The first kappa shape index (κ1) is 23.3. The van der Waals surface area contributed by atoms with E-state index in [-0.39, 0.29) is 22.9 Å². The molecule has 0 saturated heterocycles. The van der Waals surface area contributed by atoms with Crippen molar-refractivity contribution in [2.45, 2.75) is 6.42 Å². The Morgan fingerprint density at radius 3 is 2.46 bits per heavy atom. The Morgan fingerprint density at radius 1 is 0.971 bits per heavy atom. The van der Waals surface area contributed by atoms with E-state index < -0.39 is 17.5 Å². The Bertz CT molecular complexity index is 1340. The Hall–Kier alpha value is -4.85. The number of hydrogen-bond donors (Lipinski definition) is 5. The number of carbonyl (C=O) groups is 1. The summed E-state index contributed by atoms with van der Waals surface area (Å²) in [7, 11) is 0. The van der Waals surface area contributed by atoms with Crippen molar-refractivity contribution in [2.75, 3.05) is 12.0 Å². The maximum atomic E-state index is 12.4. The number of anilines is 1. The van der Waals surface area contributed by atoms with Gasteiger partial charge in [-0.1, -0.05) is 48.5 Å². The van der Waals surface area contributed by atoms with Crippen molar-refractivity contribution in [3.05, 3.63) is 102 Å². The van der Waals surface area contributed by atoms with E-state index in [0.717, 1.165) is 22.8 Å². The van der Waals surface area contributed by atoms with Crippen LogP contribution in [0.4, 0.5) is 5.69 Å². The van der Waals surface area contributed by atoms with Crippen molar-refractivity contribution < 1.29 is 24.9 Å². The van der Waals surface area contributed by atoms with Crippen LogP contribution >= 0.6 is 0 Å². The molecule has 0 radical (unpaired) electrons. The lowest BCUT2D eigenvalue weighted by atomic mass is 9.97. The minimum atomic E-state index is -0.499. The predicted octanol–water partition coefficient (Wildman–Crippen LogP) is 4.64. The van der Waals surface area contributed by atoms with Crippen LogP contribution < -0.4 is 5.43 Å². The van der Waals surface area contributed by atoms with E-state index in [9.17, 15) is 20.1 Å². The van der Waals surface area contributed by atoms with E-state index in [1.54, 1.807) is 42.5 Å². The number of rotatable bonds is 7. The highest BCUT2D eigenvalue weighted by atomic mass is 16.5. The Labute approximate surface area is 201 Å². The van der Waals surface area contributed by atoms with Gasteiger partial charge in [-0.3, -0.25) is 10.8 Å². The number of phenolic OH excluding ortho intramolecular Hbond substituents is 3. The first-order chi connectivity index (χ1) is 16.9. The van der Waals surface area contributed by atoms with Crippen molar-refractivity contribution in [2.24, 2.45) is 5.10 Å². The van der Waals surface area contributed by atoms with Gasteiger partial charge in [0.25, 0.3) is 0 Å². The summed E-state index contributed by atoms with van der Waals surface area (Å²) in [4.78, 5) is 12.4. The fraction of sp³-hybridized carbons (Fsp3) is 0.0741. The Kier molecular flexibility index (Phi) is 6.92. The van der Waals surface area contributed by atoms with Gasteiger partial charge < -0.3 is 20.1 Å². The van der Waals surface area contributed by atoms with Crippen molar-refractivity contribution in [1.29, 1.82) is 5.41 Å². The predicted molar refractivity (Wildman–Crippen MR) is 134 cm³/mol. The standard InChI is InChI=1S/C27H23N3O5/c28-22-11-10-20(14-23(22)29-30-24-15-21(31)16-25(32)26(24)33)18-6-8-19(9-7-18)27(34)35-13-12-17-4-2-1-3-5-17/h1-11,14-16,28,30-33H,12-13H2/b28-22?,29-23-. The van der Waals surface area contributed by atoms with Gasteiger partial charge in [0.15, 0.2) is 11.5 Å². The molecule has 3 aromatic rings. The van der Waals surface area contributed by atoms with E-state index in [0.29, 0.717) is 18.6 Å². The van der Waals surface area contributed by atoms with Crippen molar-refractivity contribution in [3.8, 4) is 17.2 Å². The SMILES string of the molecule is N=C1C=CC(c2ccc(C(=O)OCCc3ccccc3)cc2)=C/C1=N/Nc1cc(O)cc(O)c1O. The number of benzene rings is 3. The van der Waals surface area contributed by atoms with Crippen LogP contribution in [0.5, 0.6) is 17.2 Å². The topological polar surface area (TPSA) is 135 Å². The number of carbonyl (C=O) groups excluding carboxylic acids is 1. The lowest BCUT2D eigenvalue weighted by Gasteiger charge is -2.12. The summed E-state index contributed by atoms with van der Waals surface area (Å²) < 4.78 is 5.37. The lowest BCUT2D eigenvalue weighted by Crippen LogP contribution is -2.13. The molecule has 0 atom stereocenters. The number of esters is 1. The number of phenols is 3. The molecule has 0 aromatic heterocycles. The van der Waals surface area contributed by atoms with Gasteiger partial charge in [-0.25, -0.2) is 4.79 Å². The molecule has 0 saturated carbocycles. The van der Waals surface area contributed by atoms with E-state index in [2.05, 4.69) is 10.5 Å². The quantitative estimate of drug-likeness (QED) is 0.112. The molecular formula is C27H23N3O5. The van der Waals surface area contributed by atoms with Gasteiger partial charge in [0.2, 0.25) is 0 Å². The van der Waals surface area contributed by atoms with E-state index in [4.69, 9.17) is 10.1 Å². The largest absolute Gasteiger partial charge is 0.508 e. The molecule has 0 bridgehead atoms. The third kappa shape index (κ3) is 5.75. The van der Waals surface area contributed by atoms with Crippen LogP contribution in [0.1, 0.15) is 21.5 Å². The normalized spacial score (nSPS) is 14.0. The second kappa shape index (κ2) is 10.4. The molecule has 0 spiro atoms. The summed E-state index contributed by atoms with van der Waals surface area (Å²) in [6, 6.07) is 18.9. The first-order valence-corrected chi connectivity index (χ1v) is 10.8. The molecular weight excluding hydrogens is 446 g/mol. The molecule has 0 amide bonds. The molecule has 0 heterocycles. The fourth-order valence-electron chi connectivity index (χ4n) is 3.40. The molecule has 0 unspecified atom stereocenters. The maximum absolute atomic E-state index is 12.4. The molecule has 8 nitrogen and oxygen atoms in total. The number of nitrogens with zero attached hydrogens (tertiary/aromatic N) is 1. The van der Waals surface area contributed by atoms with Crippen LogP contribution in [0.2, 0.25) is 0 Å². The zero-order valence-electron chi connectivity index (χ0n) is 18.6. The van der Waals surface area contributed by atoms with Crippen LogP contribution in [0.15, 0.2) is 90.1 Å². The average Bonchev–Trinajstić information content (AvgIpc) is 2.87. The first-order valence-electron chi connectivity index (χ1n) is 10.8. The molecule has 35 heavy (non-hydrogen) atoms. The van der Waals surface area contributed by atoms with Gasteiger partial charge >= 0.3 is 5.97 Å². The van der Waals surface area contributed by atoms with Gasteiger partial charge in [0.05, 0.1) is 17.9 Å². The molecule has 0 aliphatic heterocycles. The number of ether oxygens (including phenoxy) is 1. The van der Waals surface area contributed by atoms with Crippen LogP contribution in [0, 0.1) is 5.41 Å². The number of hydrogen-bond acceptors (Lipinski definition) is 8. The second-order valence-corrected chi connectivity index (χ2v) is 7.77. The number of aromatic hydroxyl groups is 3. The molecule has 1 aliphatic rings. The molecule has 8 heteroatoms. The Balaban J connectivity index is 1.43. The lowest BCUT2D eigenvalue weighted by molar-refractivity contribution is 0.0509. The van der Waals surface area contributed by atoms with E-state index >= 15 is 0 Å². The summed E-state index contributed by atoms with van der Waals surface area (Å²) >= 11 is 0. The minimum absolute atomic E-state index is 0.0116. The molecule has 3 aromatic carbocycles. The van der Waals surface area contributed by atoms with Crippen LogP contribution in [-0.4, -0.2) is 39.3 Å². The maximum Gasteiger partial charge on any atom is 0.338 e. The van der Waals surface area contributed by atoms with Crippen molar-refractivity contribution >= 4 is 28.7 Å². The molecule has 4 rings (SSSR count). The van der Waals surface area contributed by atoms with E-state index in [1.165, 1.54) is 6.07 Å². The molecule has 1 aliphatic carbocycles. The van der Waals surface area contributed by atoms with Gasteiger partial charge in [0, 0.05) is 18.6 Å². The summed E-state index contributed by atoms with van der Waals surface area (Å²) in [6.45, 7) is 0.292. The third-order valence-corrected chi connectivity index (χ3v) is 5.29. The highest BCUT2D eigenvalue weighted by Gasteiger charge is 2.14. The van der Waals surface area contributed by atoms with Gasteiger partial charge in [0.1, 0.15) is 17.1 Å². The van der Waals surface area contributed by atoms with Gasteiger partial charge in [-0.2, -0.15) is 5.10 Å². The number of allylic oxidation sites excluding steroid dienone is 4. The average molecular weight is 469 g/mol. The smallest absolute Gasteiger partial charge is 0.338 e. The van der Waals surface area contributed by atoms with E-state index in [1.807, 2.05) is 30.3 Å². The minimum Gasteiger partial charge on any atom is -0.508 e. The monoisotopic (exact) mass is 469 g/mol. The van der Waals surface area contributed by atoms with Crippen molar-refractivity contribution in [1.82, 2.24) is 0 Å². The third-order valence-electron chi connectivity index (χ3n) is 5.29. The summed E-state index contributed by atoms with van der Waals surface area (Å²) in [5.41, 5.74) is 6.04. The van der Waals surface area contributed by atoms with Gasteiger partial charge in [-0.15, -0.1) is 0 Å². The van der Waals surface area contributed by atoms with Crippen LogP contribution in [-0.2, 0) is 11.2 Å². The summed E-state index contributed by atoms with van der Waals surface area (Å²) in [6.07, 6.45) is 5.64. The zero-order chi connectivity index (χ0) is 24.8. The highest BCUT2D eigenvalue weighted by Crippen LogP contribution is 2.37. The van der Waals surface area contributed by atoms with Crippen LogP contribution in [0.25, 0.3) is 5.57 Å². The zero-order valence-corrected chi connectivity index (χ0v) is 18.6. The van der Waals surface area contributed by atoms with Crippen molar-refractivity contribution in [3.63, 3.8) is 0 Å². The van der Waals surface area contributed by atoms with Gasteiger partial charge in [-0.05, 0) is 41.0 Å². The second-order valence-electron chi connectivity index (χ2n) is 7.77. The molecule has 5 N–H and O–H groups in total. The Morgan fingerprint density at radius 2 is 1.71 bits per heavy atom. The molecule has 0 fully saturated rings. The number of hydrazone groups is 1. The summed E-state index contributed by atoms with van der Waals surface area (Å²) in [5.74, 6) is -1.62. The molecule has 176 valence electrons. The number of nitrogens with one attached hydrogen (secondary N) is 2. The summed E-state index contributed by atoms with van der Waals surface area (Å²) in [5, 5.41) is 41.4. The van der Waals surface area contributed by atoms with Crippen LogP contribution in [0.3, 0.4) is 0 Å². The highest BCUT2D eigenvalue weighted by molar-refractivity contribution is 6.51.